The first-order valence-electron chi connectivity index (χ1n) is 5.86. The summed E-state index contributed by atoms with van der Waals surface area (Å²) < 4.78 is 5.32. The van der Waals surface area contributed by atoms with Crippen LogP contribution in [-0.2, 0) is 9.53 Å². The zero-order valence-corrected chi connectivity index (χ0v) is 9.29. The predicted molar refractivity (Wildman–Crippen MR) is 57.5 cm³/mol. The standard InChI is InChI=1S/C11H20N2O2/c1-8-5-12-6-10(8)13-11(14)9-3-2-4-15-7-9/h8-10,12H,2-7H2,1H3,(H,13,14). The van der Waals surface area contributed by atoms with Gasteiger partial charge in [-0.2, -0.15) is 0 Å². The van der Waals surface area contributed by atoms with Crippen LogP contribution in [0, 0.1) is 11.8 Å². The molecule has 2 aliphatic rings. The minimum atomic E-state index is 0.0755. The van der Waals surface area contributed by atoms with Gasteiger partial charge >= 0.3 is 0 Å². The third-order valence-electron chi connectivity index (χ3n) is 3.38. The lowest BCUT2D eigenvalue weighted by molar-refractivity contribution is -0.129. The van der Waals surface area contributed by atoms with Crippen LogP contribution in [0.2, 0.25) is 0 Å². The minimum Gasteiger partial charge on any atom is -0.381 e. The summed E-state index contributed by atoms with van der Waals surface area (Å²) in [5, 5.41) is 6.40. The molecule has 2 fully saturated rings. The molecule has 4 heteroatoms. The molecule has 3 atom stereocenters. The Labute approximate surface area is 90.8 Å². The van der Waals surface area contributed by atoms with E-state index in [-0.39, 0.29) is 11.8 Å². The molecule has 0 aliphatic carbocycles. The molecule has 3 unspecified atom stereocenters. The third-order valence-corrected chi connectivity index (χ3v) is 3.38. The molecule has 0 radical (unpaired) electrons. The fourth-order valence-corrected chi connectivity index (χ4v) is 2.25. The van der Waals surface area contributed by atoms with Crippen LogP contribution in [-0.4, -0.2) is 38.3 Å². The molecule has 1 amide bonds. The molecule has 0 aromatic rings. The number of nitrogens with one attached hydrogen (secondary N) is 2. The van der Waals surface area contributed by atoms with Gasteiger partial charge in [0, 0.05) is 19.2 Å². The van der Waals surface area contributed by atoms with Crippen LogP contribution in [0.15, 0.2) is 0 Å². The SMILES string of the molecule is CC1CNCC1NC(=O)C1CCCOC1. The van der Waals surface area contributed by atoms with Crippen molar-refractivity contribution in [2.24, 2.45) is 11.8 Å². The number of amides is 1. The highest BCUT2D eigenvalue weighted by Crippen LogP contribution is 2.15. The van der Waals surface area contributed by atoms with Crippen molar-refractivity contribution in [3.63, 3.8) is 0 Å². The van der Waals surface area contributed by atoms with E-state index < -0.39 is 0 Å². The fourth-order valence-electron chi connectivity index (χ4n) is 2.25. The number of carbonyl (C=O) groups excluding carboxylic acids is 1. The van der Waals surface area contributed by atoms with Crippen LogP contribution >= 0.6 is 0 Å². The summed E-state index contributed by atoms with van der Waals surface area (Å²) in [7, 11) is 0. The summed E-state index contributed by atoms with van der Waals surface area (Å²) in [5.74, 6) is 0.792. The van der Waals surface area contributed by atoms with E-state index in [1.807, 2.05) is 0 Å². The van der Waals surface area contributed by atoms with Gasteiger partial charge in [-0.1, -0.05) is 6.92 Å². The van der Waals surface area contributed by atoms with E-state index in [0.717, 1.165) is 32.5 Å². The molecular formula is C11H20N2O2. The number of carbonyl (C=O) groups is 1. The summed E-state index contributed by atoms with van der Waals surface area (Å²) in [6.45, 7) is 5.49. The van der Waals surface area contributed by atoms with Crippen LogP contribution < -0.4 is 10.6 Å². The van der Waals surface area contributed by atoms with Crippen LogP contribution in [0.4, 0.5) is 0 Å². The van der Waals surface area contributed by atoms with Crippen LogP contribution in [0.25, 0.3) is 0 Å². The van der Waals surface area contributed by atoms with E-state index in [9.17, 15) is 4.79 Å². The Morgan fingerprint density at radius 3 is 2.93 bits per heavy atom. The molecule has 0 bridgehead atoms. The number of hydrogen-bond donors (Lipinski definition) is 2. The monoisotopic (exact) mass is 212 g/mol. The quantitative estimate of drug-likeness (QED) is 0.684. The Balaban J connectivity index is 1.80. The largest absolute Gasteiger partial charge is 0.381 e. The van der Waals surface area contributed by atoms with Crippen molar-refractivity contribution in [1.29, 1.82) is 0 Å². The second-order valence-corrected chi connectivity index (χ2v) is 4.66. The fraction of sp³-hybridized carbons (Fsp3) is 0.909. The normalized spacial score (nSPS) is 36.5. The highest BCUT2D eigenvalue weighted by molar-refractivity contribution is 5.79. The average Bonchev–Trinajstić information content (AvgIpc) is 2.66. The molecular weight excluding hydrogens is 192 g/mol. The zero-order chi connectivity index (χ0) is 10.7. The first kappa shape index (κ1) is 10.9. The molecule has 86 valence electrons. The van der Waals surface area contributed by atoms with E-state index in [2.05, 4.69) is 17.6 Å². The Kier molecular flexibility index (Phi) is 3.59. The molecule has 4 nitrogen and oxygen atoms in total. The maximum atomic E-state index is 11.9. The van der Waals surface area contributed by atoms with Crippen LogP contribution in [0.3, 0.4) is 0 Å². The van der Waals surface area contributed by atoms with Crippen molar-refractivity contribution in [2.45, 2.75) is 25.8 Å². The van der Waals surface area contributed by atoms with Crippen LogP contribution in [0.5, 0.6) is 0 Å². The summed E-state index contributed by atoms with van der Waals surface area (Å²) in [5.41, 5.74) is 0. The van der Waals surface area contributed by atoms with Gasteiger partial charge in [0.1, 0.15) is 0 Å². The van der Waals surface area contributed by atoms with Gasteiger partial charge in [0.05, 0.1) is 12.5 Å². The lowest BCUT2D eigenvalue weighted by Crippen LogP contribution is -2.44. The van der Waals surface area contributed by atoms with Crippen molar-refractivity contribution < 1.29 is 9.53 Å². The molecule has 2 saturated heterocycles. The van der Waals surface area contributed by atoms with Gasteiger partial charge in [0.2, 0.25) is 5.91 Å². The predicted octanol–water partition coefficient (Wildman–Crippen LogP) is 0.137. The van der Waals surface area contributed by atoms with Gasteiger partial charge in [-0.3, -0.25) is 4.79 Å². The van der Waals surface area contributed by atoms with Gasteiger partial charge in [-0.15, -0.1) is 0 Å². The van der Waals surface area contributed by atoms with E-state index in [1.165, 1.54) is 0 Å². The first-order valence-corrected chi connectivity index (χ1v) is 5.86. The summed E-state index contributed by atoms with van der Waals surface area (Å²) in [6.07, 6.45) is 1.98. The highest BCUT2D eigenvalue weighted by atomic mass is 16.5. The topological polar surface area (TPSA) is 50.4 Å². The highest BCUT2D eigenvalue weighted by Gasteiger charge is 2.28. The molecule has 0 saturated carbocycles. The Morgan fingerprint density at radius 1 is 1.47 bits per heavy atom. The maximum Gasteiger partial charge on any atom is 0.225 e. The molecule has 2 aliphatic heterocycles. The maximum absolute atomic E-state index is 11.9. The van der Waals surface area contributed by atoms with Crippen molar-refractivity contribution in [3.8, 4) is 0 Å². The Bertz CT molecular complexity index is 227. The second kappa shape index (κ2) is 4.94. The lowest BCUT2D eigenvalue weighted by Gasteiger charge is -2.24. The van der Waals surface area contributed by atoms with Gasteiger partial charge in [0.25, 0.3) is 0 Å². The molecule has 0 aromatic carbocycles. The molecule has 2 rings (SSSR count). The van der Waals surface area contributed by atoms with E-state index >= 15 is 0 Å². The van der Waals surface area contributed by atoms with E-state index in [4.69, 9.17) is 4.74 Å². The molecule has 15 heavy (non-hydrogen) atoms. The first-order chi connectivity index (χ1) is 7.27. The smallest absolute Gasteiger partial charge is 0.225 e. The van der Waals surface area contributed by atoms with Crippen molar-refractivity contribution >= 4 is 5.91 Å². The van der Waals surface area contributed by atoms with Gasteiger partial charge in [-0.25, -0.2) is 0 Å². The summed E-state index contributed by atoms with van der Waals surface area (Å²) in [6, 6.07) is 0.305. The average molecular weight is 212 g/mol. The van der Waals surface area contributed by atoms with E-state index in [0.29, 0.717) is 18.6 Å². The van der Waals surface area contributed by atoms with Crippen molar-refractivity contribution in [3.05, 3.63) is 0 Å². The molecule has 2 heterocycles. The Hall–Kier alpha value is -0.610. The third kappa shape index (κ3) is 2.69. The molecule has 2 N–H and O–H groups in total. The summed E-state index contributed by atoms with van der Waals surface area (Å²) in [4.78, 5) is 11.9. The minimum absolute atomic E-state index is 0.0755. The molecule has 0 aromatic heterocycles. The lowest BCUT2D eigenvalue weighted by atomic mass is 9.99. The zero-order valence-electron chi connectivity index (χ0n) is 9.29. The number of ether oxygens (including phenoxy) is 1. The van der Waals surface area contributed by atoms with Gasteiger partial charge < -0.3 is 15.4 Å². The van der Waals surface area contributed by atoms with Crippen molar-refractivity contribution in [2.75, 3.05) is 26.3 Å². The van der Waals surface area contributed by atoms with E-state index in [1.54, 1.807) is 0 Å². The Morgan fingerprint density at radius 2 is 2.33 bits per heavy atom. The van der Waals surface area contributed by atoms with Crippen molar-refractivity contribution in [1.82, 2.24) is 10.6 Å². The van der Waals surface area contributed by atoms with Gasteiger partial charge in [0.15, 0.2) is 0 Å². The second-order valence-electron chi connectivity index (χ2n) is 4.66. The number of rotatable bonds is 2. The molecule has 0 spiro atoms. The van der Waals surface area contributed by atoms with Gasteiger partial charge in [-0.05, 0) is 25.3 Å². The van der Waals surface area contributed by atoms with Crippen LogP contribution in [0.1, 0.15) is 19.8 Å². The summed E-state index contributed by atoms with van der Waals surface area (Å²) >= 11 is 0. The number of hydrogen-bond acceptors (Lipinski definition) is 3.